The highest BCUT2D eigenvalue weighted by Crippen LogP contribution is 2.42. The normalized spacial score (nSPS) is 16.2. The number of carbonyl (C=O) groups excluding carboxylic acids is 2. The molecule has 0 spiro atoms. The molecule has 0 saturated heterocycles. The van der Waals surface area contributed by atoms with E-state index in [0.717, 1.165) is 4.47 Å². The first-order chi connectivity index (χ1) is 15.4. The summed E-state index contributed by atoms with van der Waals surface area (Å²) in [5, 5.41) is 12.0. The molecule has 2 heterocycles. The van der Waals surface area contributed by atoms with Crippen LogP contribution in [-0.4, -0.2) is 16.8 Å². The number of Topliss-reactive ketones (excluding diaryl/α,β-unsaturated/α-hetero) is 1. The topological polar surface area (TPSA) is 70.8 Å². The molecular formula is C25H15BrClNO4. The first-order valence-corrected chi connectivity index (χ1v) is 10.9. The fourth-order valence-corrected chi connectivity index (χ4v) is 4.51. The van der Waals surface area contributed by atoms with Gasteiger partial charge in [0.1, 0.15) is 5.58 Å². The number of anilines is 1. The second kappa shape index (κ2) is 7.97. The van der Waals surface area contributed by atoms with Crippen molar-refractivity contribution in [1.82, 2.24) is 0 Å². The van der Waals surface area contributed by atoms with Crippen molar-refractivity contribution in [3.8, 4) is 0 Å². The number of aliphatic hydroxyl groups excluding tert-OH is 1. The summed E-state index contributed by atoms with van der Waals surface area (Å²) < 4.78 is 6.50. The Bertz CT molecular complexity index is 1410. The molecule has 1 unspecified atom stereocenters. The second-order valence-corrected chi connectivity index (χ2v) is 8.70. The van der Waals surface area contributed by atoms with E-state index in [9.17, 15) is 14.7 Å². The molecule has 1 N–H and O–H groups in total. The van der Waals surface area contributed by atoms with E-state index in [1.807, 2.05) is 36.4 Å². The molecular weight excluding hydrogens is 494 g/mol. The number of amides is 1. The van der Waals surface area contributed by atoms with Crippen LogP contribution in [0.2, 0.25) is 5.02 Å². The quantitative estimate of drug-likeness (QED) is 0.314. The molecule has 0 radical (unpaired) electrons. The highest BCUT2D eigenvalue weighted by atomic mass is 79.9. The average molecular weight is 509 g/mol. The highest BCUT2D eigenvalue weighted by molar-refractivity contribution is 9.10. The molecule has 32 heavy (non-hydrogen) atoms. The van der Waals surface area contributed by atoms with Gasteiger partial charge in [-0.15, -0.1) is 0 Å². The van der Waals surface area contributed by atoms with Gasteiger partial charge in [0.25, 0.3) is 5.91 Å². The zero-order valence-corrected chi connectivity index (χ0v) is 18.8. The molecule has 158 valence electrons. The Morgan fingerprint density at radius 1 is 1.00 bits per heavy atom. The molecule has 0 bridgehead atoms. The summed E-state index contributed by atoms with van der Waals surface area (Å²) in [6, 6.07) is 22.0. The highest BCUT2D eigenvalue weighted by Gasteiger charge is 2.45. The molecule has 1 amide bonds. The molecule has 5 nitrogen and oxygen atoms in total. The van der Waals surface area contributed by atoms with Crippen LogP contribution in [0.25, 0.3) is 11.0 Å². The number of rotatable bonds is 4. The number of ketones is 1. The first kappa shape index (κ1) is 20.5. The number of hydrogen-bond acceptors (Lipinski definition) is 4. The van der Waals surface area contributed by atoms with Crippen LogP contribution in [-0.2, 0) is 4.79 Å². The first-order valence-electron chi connectivity index (χ1n) is 9.75. The minimum Gasteiger partial charge on any atom is -0.503 e. The summed E-state index contributed by atoms with van der Waals surface area (Å²) in [4.78, 5) is 28.1. The maximum atomic E-state index is 13.6. The largest absolute Gasteiger partial charge is 0.503 e. The molecule has 1 atom stereocenters. The van der Waals surface area contributed by atoms with Crippen LogP contribution in [0.15, 0.2) is 99.1 Å². The predicted octanol–water partition coefficient (Wildman–Crippen LogP) is 6.63. The lowest BCUT2D eigenvalue weighted by atomic mass is 9.95. The maximum absolute atomic E-state index is 13.6. The van der Waals surface area contributed by atoms with Crippen LogP contribution < -0.4 is 4.90 Å². The molecule has 0 saturated carbocycles. The van der Waals surface area contributed by atoms with Crippen LogP contribution in [0, 0.1) is 0 Å². The summed E-state index contributed by atoms with van der Waals surface area (Å²) in [6.45, 7) is 0. The zero-order valence-electron chi connectivity index (χ0n) is 16.5. The van der Waals surface area contributed by atoms with E-state index in [0.29, 0.717) is 27.2 Å². The zero-order chi connectivity index (χ0) is 22.4. The van der Waals surface area contributed by atoms with E-state index >= 15 is 0 Å². The van der Waals surface area contributed by atoms with Crippen molar-refractivity contribution in [2.75, 3.05) is 4.90 Å². The van der Waals surface area contributed by atoms with E-state index < -0.39 is 23.5 Å². The summed E-state index contributed by atoms with van der Waals surface area (Å²) in [7, 11) is 0. The van der Waals surface area contributed by atoms with Gasteiger partial charge in [-0.3, -0.25) is 14.5 Å². The predicted molar refractivity (Wildman–Crippen MR) is 126 cm³/mol. The van der Waals surface area contributed by atoms with Crippen LogP contribution >= 0.6 is 27.5 Å². The van der Waals surface area contributed by atoms with Crippen molar-refractivity contribution < 1.29 is 19.1 Å². The van der Waals surface area contributed by atoms with Crippen molar-refractivity contribution in [3.63, 3.8) is 0 Å². The lowest BCUT2D eigenvalue weighted by molar-refractivity contribution is -0.117. The van der Waals surface area contributed by atoms with Crippen molar-refractivity contribution in [3.05, 3.63) is 111 Å². The lowest BCUT2D eigenvalue weighted by Crippen LogP contribution is -2.31. The van der Waals surface area contributed by atoms with E-state index in [1.165, 1.54) is 4.90 Å². The number of benzene rings is 3. The minimum atomic E-state index is -0.817. The molecule has 0 fully saturated rings. The van der Waals surface area contributed by atoms with Gasteiger partial charge in [-0.25, -0.2) is 0 Å². The molecule has 1 aromatic heterocycles. The van der Waals surface area contributed by atoms with Crippen molar-refractivity contribution in [2.24, 2.45) is 0 Å². The third kappa shape index (κ3) is 3.42. The monoisotopic (exact) mass is 507 g/mol. The number of nitrogens with zero attached hydrogens (tertiary/aromatic N) is 1. The van der Waals surface area contributed by atoms with Crippen LogP contribution in [0.4, 0.5) is 5.69 Å². The fourth-order valence-electron chi connectivity index (χ4n) is 3.94. The molecule has 4 aromatic rings. The van der Waals surface area contributed by atoms with Gasteiger partial charge in [0.2, 0.25) is 5.78 Å². The molecule has 5 rings (SSSR count). The number of aliphatic hydroxyl groups is 1. The van der Waals surface area contributed by atoms with Gasteiger partial charge >= 0.3 is 0 Å². The van der Waals surface area contributed by atoms with E-state index in [2.05, 4.69) is 15.9 Å². The van der Waals surface area contributed by atoms with Gasteiger partial charge < -0.3 is 9.52 Å². The average Bonchev–Trinajstić information content (AvgIpc) is 3.32. The van der Waals surface area contributed by atoms with Crippen LogP contribution in [0.3, 0.4) is 0 Å². The molecule has 7 heteroatoms. The van der Waals surface area contributed by atoms with Crippen LogP contribution in [0.5, 0.6) is 0 Å². The minimum absolute atomic E-state index is 0.0219. The van der Waals surface area contributed by atoms with Gasteiger partial charge in [0.15, 0.2) is 11.5 Å². The van der Waals surface area contributed by atoms with E-state index in [1.54, 1.807) is 42.5 Å². The third-order valence-electron chi connectivity index (χ3n) is 5.36. The summed E-state index contributed by atoms with van der Waals surface area (Å²) in [5.74, 6) is -1.79. The molecule has 3 aromatic carbocycles. The number of furan rings is 1. The number of carbonyl (C=O) groups is 2. The van der Waals surface area contributed by atoms with Gasteiger partial charge in [0.05, 0.1) is 11.6 Å². The smallest absolute Gasteiger partial charge is 0.294 e. The van der Waals surface area contributed by atoms with Crippen LogP contribution in [0.1, 0.15) is 22.2 Å². The number of fused-ring (bicyclic) bond motifs is 1. The standard InChI is InChI=1S/C25H15BrClNO4/c26-16-7-4-8-18(13-16)28-22(14-5-2-1-3-6-14)21(24(30)25(28)31)23(29)20-12-15-11-17(27)9-10-19(15)32-20/h1-13,22,30H. The Labute approximate surface area is 196 Å². The fraction of sp³-hybridized carbons (Fsp3) is 0.0400. The van der Waals surface area contributed by atoms with Gasteiger partial charge in [-0.05, 0) is 48.0 Å². The second-order valence-electron chi connectivity index (χ2n) is 7.35. The Kier molecular flexibility index (Phi) is 5.12. The van der Waals surface area contributed by atoms with Gasteiger partial charge in [-0.1, -0.05) is 63.9 Å². The third-order valence-corrected chi connectivity index (χ3v) is 6.08. The number of halogens is 2. The van der Waals surface area contributed by atoms with Crippen molar-refractivity contribution in [1.29, 1.82) is 0 Å². The molecule has 1 aliphatic heterocycles. The Morgan fingerprint density at radius 2 is 1.78 bits per heavy atom. The van der Waals surface area contributed by atoms with E-state index in [4.69, 9.17) is 16.0 Å². The molecule has 0 aliphatic carbocycles. The molecule has 1 aliphatic rings. The van der Waals surface area contributed by atoms with Gasteiger partial charge in [-0.2, -0.15) is 0 Å². The Hall–Kier alpha value is -3.35. The van der Waals surface area contributed by atoms with E-state index in [-0.39, 0.29) is 11.3 Å². The van der Waals surface area contributed by atoms with Crippen molar-refractivity contribution in [2.45, 2.75) is 6.04 Å². The summed E-state index contributed by atoms with van der Waals surface area (Å²) >= 11 is 9.47. The SMILES string of the molecule is O=C(C1=C(O)C(=O)N(c2cccc(Br)c2)C1c1ccccc1)c1cc2cc(Cl)ccc2o1. The van der Waals surface area contributed by atoms with Crippen molar-refractivity contribution >= 4 is 55.9 Å². The number of hydrogen-bond donors (Lipinski definition) is 1. The lowest BCUT2D eigenvalue weighted by Gasteiger charge is -2.27. The maximum Gasteiger partial charge on any atom is 0.294 e. The summed E-state index contributed by atoms with van der Waals surface area (Å²) in [5.41, 5.74) is 1.69. The Balaban J connectivity index is 1.66. The Morgan fingerprint density at radius 3 is 2.53 bits per heavy atom. The summed E-state index contributed by atoms with van der Waals surface area (Å²) in [6.07, 6.45) is 0. The van der Waals surface area contributed by atoms with Gasteiger partial charge in [0, 0.05) is 20.6 Å².